The maximum Gasteiger partial charge on any atom is 0.459 e. The van der Waals surface area contributed by atoms with Crippen LogP contribution in [0.25, 0.3) is 0 Å². The van der Waals surface area contributed by atoms with E-state index in [1.807, 2.05) is 0 Å². The van der Waals surface area contributed by atoms with E-state index in [2.05, 4.69) is 15.4 Å². The number of amides is 1. The van der Waals surface area contributed by atoms with Gasteiger partial charge < -0.3 is 33.9 Å². The van der Waals surface area contributed by atoms with Gasteiger partial charge in [-0.3, -0.25) is 18.7 Å². The van der Waals surface area contributed by atoms with Gasteiger partial charge in [-0.1, -0.05) is 18.2 Å². The summed E-state index contributed by atoms with van der Waals surface area (Å²) in [6.07, 6.45) is -6.32. The van der Waals surface area contributed by atoms with Gasteiger partial charge in [0.1, 0.15) is 35.2 Å². The lowest BCUT2D eigenvalue weighted by Gasteiger charge is -2.25. The van der Waals surface area contributed by atoms with Gasteiger partial charge in [0, 0.05) is 12.3 Å². The van der Waals surface area contributed by atoms with Gasteiger partial charge in [-0.05, 0) is 51.1 Å². The highest BCUT2D eigenvalue weighted by Gasteiger charge is 2.60. The van der Waals surface area contributed by atoms with E-state index in [1.54, 1.807) is 32.0 Å². The number of nitrogens with zero attached hydrogens (tertiary/aromatic N) is 2. The van der Waals surface area contributed by atoms with Crippen LogP contribution in [0.4, 0.5) is 14.6 Å². The van der Waals surface area contributed by atoms with Crippen LogP contribution in [0.5, 0.6) is 17.2 Å². The number of aromatic nitrogens is 2. The van der Waals surface area contributed by atoms with Crippen LogP contribution in [0.15, 0.2) is 65.6 Å². The number of para-hydroxylation sites is 1. The summed E-state index contributed by atoms with van der Waals surface area (Å²) in [6, 6.07) is 11.9. The van der Waals surface area contributed by atoms with E-state index in [9.17, 15) is 24.1 Å². The van der Waals surface area contributed by atoms with E-state index < -0.39 is 68.4 Å². The molecule has 1 saturated heterocycles. The number of methoxy groups -OCH3 is 2. The van der Waals surface area contributed by atoms with E-state index in [0.717, 1.165) is 12.3 Å². The molecule has 1 aromatic heterocycles. The second kappa shape index (κ2) is 15.2. The van der Waals surface area contributed by atoms with Crippen LogP contribution in [0.1, 0.15) is 37.4 Å². The van der Waals surface area contributed by atoms with Crippen molar-refractivity contribution in [1.29, 1.82) is 0 Å². The number of hydrogen-bond donors (Lipinski definition) is 3. The molecule has 0 spiro atoms. The molecular formula is C30H35F2N4O11P. The zero-order chi connectivity index (χ0) is 35.2. The quantitative estimate of drug-likeness (QED) is 0.164. The summed E-state index contributed by atoms with van der Waals surface area (Å²) >= 11 is 0. The SMILES string of the molecule is COc1ccc(C(=O)Nc2ccn(C3O[C@H](COP(=O)(N[C@H](C)C(=O)OC(C)C)Oc4ccccc4)[C@@H](O)C3(F)F)c(=O)n2)c(OC)c1. The summed E-state index contributed by atoms with van der Waals surface area (Å²) in [4.78, 5) is 41.7. The third-order valence-electron chi connectivity index (χ3n) is 6.79. The smallest absolute Gasteiger partial charge is 0.459 e. The summed E-state index contributed by atoms with van der Waals surface area (Å²) in [7, 11) is -1.72. The van der Waals surface area contributed by atoms with Gasteiger partial charge in [-0.15, -0.1) is 0 Å². The Balaban J connectivity index is 1.49. The normalized spacial score (nSPS) is 20.4. The molecular weight excluding hydrogens is 661 g/mol. The molecule has 0 saturated carbocycles. The average Bonchev–Trinajstić information content (AvgIpc) is 3.27. The predicted octanol–water partition coefficient (Wildman–Crippen LogP) is 3.54. The molecule has 1 fully saturated rings. The number of aliphatic hydroxyl groups excluding tert-OH is 1. The molecule has 260 valence electrons. The number of nitrogens with one attached hydrogen (secondary N) is 2. The number of ether oxygens (including phenoxy) is 4. The van der Waals surface area contributed by atoms with E-state index in [1.165, 1.54) is 51.5 Å². The summed E-state index contributed by atoms with van der Waals surface area (Å²) in [5, 5.41) is 15.3. The fourth-order valence-electron chi connectivity index (χ4n) is 4.44. The topological polar surface area (TPSA) is 186 Å². The zero-order valence-electron chi connectivity index (χ0n) is 26.5. The Morgan fingerprint density at radius 3 is 2.42 bits per heavy atom. The predicted molar refractivity (Wildman–Crippen MR) is 165 cm³/mol. The van der Waals surface area contributed by atoms with Gasteiger partial charge in [0.25, 0.3) is 5.91 Å². The van der Waals surface area contributed by atoms with Gasteiger partial charge in [-0.25, -0.2) is 9.36 Å². The number of anilines is 1. The number of rotatable bonds is 14. The van der Waals surface area contributed by atoms with Crippen LogP contribution in [-0.4, -0.2) is 77.6 Å². The minimum atomic E-state index is -4.50. The van der Waals surface area contributed by atoms with Gasteiger partial charge in [0.2, 0.25) is 6.23 Å². The number of benzene rings is 2. The molecule has 3 N–H and O–H groups in total. The Kier molecular flexibility index (Phi) is 11.5. The van der Waals surface area contributed by atoms with Crippen molar-refractivity contribution in [3.63, 3.8) is 0 Å². The maximum absolute atomic E-state index is 15.3. The van der Waals surface area contributed by atoms with Gasteiger partial charge in [0.15, 0.2) is 6.10 Å². The first kappa shape index (κ1) is 36.4. The third-order valence-corrected chi connectivity index (χ3v) is 8.44. The third kappa shape index (κ3) is 8.54. The van der Waals surface area contributed by atoms with Crippen LogP contribution < -0.4 is 30.1 Å². The highest BCUT2D eigenvalue weighted by molar-refractivity contribution is 7.52. The second-order valence-corrected chi connectivity index (χ2v) is 12.4. The molecule has 0 bridgehead atoms. The van der Waals surface area contributed by atoms with Crippen LogP contribution in [0.2, 0.25) is 0 Å². The lowest BCUT2D eigenvalue weighted by atomic mass is 10.1. The van der Waals surface area contributed by atoms with Crippen molar-refractivity contribution in [2.24, 2.45) is 0 Å². The average molecular weight is 697 g/mol. The van der Waals surface area contributed by atoms with Crippen LogP contribution in [-0.2, 0) is 23.4 Å². The van der Waals surface area contributed by atoms with Crippen molar-refractivity contribution in [2.45, 2.75) is 57.3 Å². The molecule has 4 rings (SSSR count). The highest BCUT2D eigenvalue weighted by Crippen LogP contribution is 2.48. The molecule has 5 atom stereocenters. The molecule has 15 nitrogen and oxygen atoms in total. The fourth-order valence-corrected chi connectivity index (χ4v) is 5.94. The van der Waals surface area contributed by atoms with Crippen LogP contribution in [0.3, 0.4) is 0 Å². The van der Waals surface area contributed by atoms with Crippen molar-refractivity contribution in [3.8, 4) is 17.2 Å². The maximum atomic E-state index is 15.3. The first-order valence-corrected chi connectivity index (χ1v) is 16.0. The number of carbonyl (C=O) groups is 2. The molecule has 1 amide bonds. The number of carbonyl (C=O) groups excluding carboxylic acids is 2. The molecule has 18 heteroatoms. The summed E-state index contributed by atoms with van der Waals surface area (Å²) in [5.41, 5.74) is -1.17. The Morgan fingerprint density at radius 1 is 1.08 bits per heavy atom. The van der Waals surface area contributed by atoms with E-state index in [0.29, 0.717) is 10.3 Å². The highest BCUT2D eigenvalue weighted by atomic mass is 31.2. The van der Waals surface area contributed by atoms with Gasteiger partial charge >= 0.3 is 25.3 Å². The van der Waals surface area contributed by atoms with Crippen molar-refractivity contribution in [1.82, 2.24) is 14.6 Å². The molecule has 1 aliphatic heterocycles. The lowest BCUT2D eigenvalue weighted by Crippen LogP contribution is -2.42. The lowest BCUT2D eigenvalue weighted by molar-refractivity contribution is -0.149. The fraction of sp³-hybridized carbons (Fsp3) is 0.400. The number of halogens is 2. The largest absolute Gasteiger partial charge is 0.497 e. The molecule has 0 radical (unpaired) electrons. The summed E-state index contributed by atoms with van der Waals surface area (Å²) in [5.74, 6) is -5.18. The van der Waals surface area contributed by atoms with E-state index in [4.69, 9.17) is 28.0 Å². The van der Waals surface area contributed by atoms with Crippen LogP contribution >= 0.6 is 7.75 Å². The van der Waals surface area contributed by atoms with E-state index >= 15 is 8.78 Å². The Hall–Kier alpha value is -4.41. The molecule has 2 aromatic carbocycles. The second-order valence-electron chi connectivity index (χ2n) is 10.7. The number of alkyl halides is 2. The summed E-state index contributed by atoms with van der Waals surface area (Å²) in [6.45, 7) is 3.64. The first-order valence-electron chi connectivity index (χ1n) is 14.5. The Morgan fingerprint density at radius 2 is 1.79 bits per heavy atom. The number of hydrogen-bond acceptors (Lipinski definition) is 12. The van der Waals surface area contributed by atoms with E-state index in [-0.39, 0.29) is 22.9 Å². The molecule has 1 aliphatic rings. The van der Waals surface area contributed by atoms with Crippen molar-refractivity contribution in [3.05, 3.63) is 76.8 Å². The number of esters is 1. The minimum Gasteiger partial charge on any atom is -0.497 e. The standard InChI is InChI=1S/C30H35F2N4O11P/c1-17(2)45-27(39)18(3)35-48(41,47-19-9-7-6-8-10-19)44-16-23-25(37)30(31,32)28(46-23)36-14-13-24(34-29(36)40)33-26(38)21-12-11-20(42-4)15-22(21)43-5/h6-15,17-18,23,25,28,37H,16H2,1-5H3,(H,35,41)(H,33,34,38,40)/t18-,23-,25-,28?,48?/m1/s1. The van der Waals surface area contributed by atoms with Crippen molar-refractivity contribution < 1.29 is 56.0 Å². The summed E-state index contributed by atoms with van der Waals surface area (Å²) < 4.78 is 76.4. The molecule has 48 heavy (non-hydrogen) atoms. The van der Waals surface area contributed by atoms with Gasteiger partial charge in [-0.2, -0.15) is 18.9 Å². The number of aliphatic hydroxyl groups is 1. The van der Waals surface area contributed by atoms with Crippen molar-refractivity contribution in [2.75, 3.05) is 26.1 Å². The molecule has 0 aliphatic carbocycles. The Labute approximate surface area is 273 Å². The molecule has 2 unspecified atom stereocenters. The Bertz CT molecular complexity index is 1710. The van der Waals surface area contributed by atoms with Crippen molar-refractivity contribution >= 4 is 25.4 Å². The van der Waals surface area contributed by atoms with Crippen LogP contribution in [0, 0.1) is 0 Å². The monoisotopic (exact) mass is 696 g/mol. The molecule has 2 heterocycles. The molecule has 3 aromatic rings. The minimum absolute atomic E-state index is 0.0593. The first-order chi connectivity index (χ1) is 22.7. The zero-order valence-corrected chi connectivity index (χ0v) is 27.4. The van der Waals surface area contributed by atoms with Gasteiger partial charge in [0.05, 0.1) is 32.5 Å².